The molecule has 2 unspecified atom stereocenters. The second-order valence-electron chi connectivity index (χ2n) is 6.19. The lowest BCUT2D eigenvalue weighted by Gasteiger charge is -2.29. The fourth-order valence-corrected chi connectivity index (χ4v) is 4.54. The summed E-state index contributed by atoms with van der Waals surface area (Å²) in [5.41, 5.74) is 7.64. The van der Waals surface area contributed by atoms with Crippen LogP contribution in [0.1, 0.15) is 43.8 Å². The fraction of sp³-hybridized carbons (Fsp3) is 0.800. The number of ether oxygens (including phenoxy) is 1. The molecule has 2 heterocycles. The van der Waals surface area contributed by atoms with Crippen molar-refractivity contribution in [3.63, 3.8) is 0 Å². The molecule has 0 radical (unpaired) electrons. The molecule has 1 aromatic rings. The van der Waals surface area contributed by atoms with E-state index in [0.717, 1.165) is 26.2 Å². The average Bonchev–Trinajstić information content (AvgIpc) is 3.21. The van der Waals surface area contributed by atoms with Gasteiger partial charge >= 0.3 is 0 Å². The van der Waals surface area contributed by atoms with Crippen molar-refractivity contribution in [3.05, 3.63) is 18.2 Å². The molecule has 0 bridgehead atoms. The molecule has 2 fully saturated rings. The first-order valence-corrected chi connectivity index (χ1v) is 8.85. The first-order chi connectivity index (χ1) is 9.74. The summed E-state index contributed by atoms with van der Waals surface area (Å²) in [6.07, 6.45) is 12.6. The summed E-state index contributed by atoms with van der Waals surface area (Å²) in [6.45, 7) is 2.69. The van der Waals surface area contributed by atoms with Gasteiger partial charge in [0.2, 0.25) is 0 Å². The molecule has 112 valence electrons. The Balaban J connectivity index is 1.75. The van der Waals surface area contributed by atoms with Gasteiger partial charge in [0.25, 0.3) is 0 Å². The van der Waals surface area contributed by atoms with E-state index in [-0.39, 0.29) is 6.04 Å². The second-order valence-corrected chi connectivity index (χ2v) is 7.46. The van der Waals surface area contributed by atoms with Gasteiger partial charge in [-0.1, -0.05) is 12.8 Å². The van der Waals surface area contributed by atoms with Gasteiger partial charge in [-0.2, -0.15) is 11.8 Å². The maximum absolute atomic E-state index is 6.46. The van der Waals surface area contributed by atoms with Crippen LogP contribution in [0.4, 0.5) is 0 Å². The minimum Gasteiger partial charge on any atom is -0.381 e. The van der Waals surface area contributed by atoms with Crippen molar-refractivity contribution >= 4 is 11.8 Å². The number of hydrogen-bond acceptors (Lipinski definition) is 4. The third-order valence-electron chi connectivity index (χ3n) is 4.97. The van der Waals surface area contributed by atoms with Gasteiger partial charge in [-0.3, -0.25) is 0 Å². The van der Waals surface area contributed by atoms with Crippen molar-refractivity contribution in [1.29, 1.82) is 0 Å². The zero-order valence-corrected chi connectivity index (χ0v) is 13.1. The molecule has 0 aromatic carbocycles. The molecule has 4 nitrogen and oxygen atoms in total. The molecule has 5 heteroatoms. The Hall–Kier alpha value is -0.520. The van der Waals surface area contributed by atoms with Crippen molar-refractivity contribution in [2.24, 2.45) is 11.7 Å². The van der Waals surface area contributed by atoms with Crippen LogP contribution < -0.4 is 5.73 Å². The SMILES string of the molecule is CSC1(Cn2cncc2C(N)C2CCOC2)CCCC1. The lowest BCUT2D eigenvalue weighted by Crippen LogP contribution is -2.30. The molecule has 2 aliphatic rings. The van der Waals surface area contributed by atoms with Crippen molar-refractivity contribution in [1.82, 2.24) is 9.55 Å². The Morgan fingerprint density at radius 3 is 3.00 bits per heavy atom. The van der Waals surface area contributed by atoms with Crippen molar-refractivity contribution < 1.29 is 4.74 Å². The maximum atomic E-state index is 6.46. The largest absolute Gasteiger partial charge is 0.381 e. The monoisotopic (exact) mass is 295 g/mol. The van der Waals surface area contributed by atoms with Crippen LogP contribution in [-0.2, 0) is 11.3 Å². The number of hydrogen-bond donors (Lipinski definition) is 1. The Labute approximate surface area is 125 Å². The average molecular weight is 295 g/mol. The standard InChI is InChI=1S/C15H25N3OS/c1-20-15(5-2-3-6-15)10-18-11-17-8-13(18)14(16)12-4-7-19-9-12/h8,11-12,14H,2-7,9-10,16H2,1H3. The summed E-state index contributed by atoms with van der Waals surface area (Å²) >= 11 is 2.02. The summed E-state index contributed by atoms with van der Waals surface area (Å²) in [7, 11) is 0. The smallest absolute Gasteiger partial charge is 0.0949 e. The Morgan fingerprint density at radius 1 is 1.55 bits per heavy atom. The summed E-state index contributed by atoms with van der Waals surface area (Å²) in [6, 6.07) is 0.0558. The van der Waals surface area contributed by atoms with E-state index in [2.05, 4.69) is 15.8 Å². The summed E-state index contributed by atoms with van der Waals surface area (Å²) in [5.74, 6) is 0.444. The van der Waals surface area contributed by atoms with E-state index >= 15 is 0 Å². The molecule has 1 aliphatic carbocycles. The molecule has 1 saturated carbocycles. The molecule has 2 N–H and O–H groups in total. The molecule has 0 spiro atoms. The topological polar surface area (TPSA) is 53.1 Å². The Morgan fingerprint density at radius 2 is 2.35 bits per heavy atom. The van der Waals surface area contributed by atoms with Crippen LogP contribution in [0.15, 0.2) is 12.5 Å². The third kappa shape index (κ3) is 2.76. The minimum absolute atomic E-state index is 0.0558. The van der Waals surface area contributed by atoms with Crippen LogP contribution in [0.25, 0.3) is 0 Å². The molecule has 2 atom stereocenters. The fourth-order valence-electron chi connectivity index (χ4n) is 3.57. The highest BCUT2D eigenvalue weighted by molar-refractivity contribution is 8.00. The first-order valence-electron chi connectivity index (χ1n) is 7.63. The molecule has 1 saturated heterocycles. The van der Waals surface area contributed by atoms with E-state index in [1.165, 1.54) is 31.4 Å². The van der Waals surface area contributed by atoms with Crippen LogP contribution in [0.5, 0.6) is 0 Å². The van der Waals surface area contributed by atoms with Gasteiger partial charge in [0.1, 0.15) is 0 Å². The highest BCUT2D eigenvalue weighted by Crippen LogP contribution is 2.42. The van der Waals surface area contributed by atoms with Crippen LogP contribution in [0, 0.1) is 5.92 Å². The van der Waals surface area contributed by atoms with Crippen LogP contribution in [0.3, 0.4) is 0 Å². The summed E-state index contributed by atoms with van der Waals surface area (Å²) in [5, 5.41) is 0. The van der Waals surface area contributed by atoms with Gasteiger partial charge in [0.15, 0.2) is 0 Å². The Bertz CT molecular complexity index is 436. The van der Waals surface area contributed by atoms with E-state index in [4.69, 9.17) is 10.5 Å². The summed E-state index contributed by atoms with van der Waals surface area (Å²) < 4.78 is 8.16. The normalized spacial score (nSPS) is 27.0. The predicted molar refractivity (Wildman–Crippen MR) is 82.8 cm³/mol. The van der Waals surface area contributed by atoms with E-state index in [9.17, 15) is 0 Å². The number of rotatable bonds is 5. The lowest BCUT2D eigenvalue weighted by molar-refractivity contribution is 0.180. The Kier molecular flexibility index (Phi) is 4.38. The molecule has 1 aromatic heterocycles. The zero-order valence-electron chi connectivity index (χ0n) is 12.3. The van der Waals surface area contributed by atoms with Crippen molar-refractivity contribution in [3.8, 4) is 0 Å². The molecular weight excluding hydrogens is 270 g/mol. The van der Waals surface area contributed by atoms with Gasteiger partial charge in [-0.15, -0.1) is 0 Å². The highest BCUT2D eigenvalue weighted by Gasteiger charge is 2.35. The minimum atomic E-state index is 0.0558. The number of nitrogens with zero attached hydrogens (tertiary/aromatic N) is 2. The quantitative estimate of drug-likeness (QED) is 0.907. The van der Waals surface area contributed by atoms with Gasteiger partial charge in [-0.25, -0.2) is 4.98 Å². The number of thioether (sulfide) groups is 1. The van der Waals surface area contributed by atoms with Crippen LogP contribution in [-0.4, -0.2) is 33.8 Å². The summed E-state index contributed by atoms with van der Waals surface area (Å²) in [4.78, 5) is 4.35. The van der Waals surface area contributed by atoms with E-state index in [1.54, 1.807) is 0 Å². The van der Waals surface area contributed by atoms with Gasteiger partial charge < -0.3 is 15.0 Å². The van der Waals surface area contributed by atoms with E-state index in [0.29, 0.717) is 10.7 Å². The predicted octanol–water partition coefficient (Wildman–Crippen LogP) is 2.60. The number of aromatic nitrogens is 2. The van der Waals surface area contributed by atoms with Crippen LogP contribution in [0.2, 0.25) is 0 Å². The maximum Gasteiger partial charge on any atom is 0.0949 e. The molecular formula is C15H25N3OS. The lowest BCUT2D eigenvalue weighted by atomic mass is 9.97. The zero-order chi connectivity index (χ0) is 14.0. The molecule has 20 heavy (non-hydrogen) atoms. The second kappa shape index (κ2) is 6.08. The van der Waals surface area contributed by atoms with Gasteiger partial charge in [0.05, 0.1) is 24.7 Å². The molecule has 3 rings (SSSR count). The molecule has 0 amide bonds. The van der Waals surface area contributed by atoms with E-state index < -0.39 is 0 Å². The van der Waals surface area contributed by atoms with Crippen molar-refractivity contribution in [2.45, 2.75) is 49.4 Å². The third-order valence-corrected chi connectivity index (χ3v) is 6.37. The first kappa shape index (κ1) is 14.4. The van der Waals surface area contributed by atoms with Gasteiger partial charge in [-0.05, 0) is 25.5 Å². The highest BCUT2D eigenvalue weighted by atomic mass is 32.2. The van der Waals surface area contributed by atoms with E-state index in [1.807, 2.05) is 24.3 Å². The molecule has 1 aliphatic heterocycles. The number of imidazole rings is 1. The van der Waals surface area contributed by atoms with Crippen molar-refractivity contribution in [2.75, 3.05) is 19.5 Å². The number of nitrogens with two attached hydrogens (primary N) is 1. The van der Waals surface area contributed by atoms with Gasteiger partial charge in [0, 0.05) is 30.0 Å². The van der Waals surface area contributed by atoms with Crippen LogP contribution >= 0.6 is 11.8 Å².